The van der Waals surface area contributed by atoms with Gasteiger partial charge in [-0.2, -0.15) is 51.4 Å². The Bertz CT molecular complexity index is 4180. The highest BCUT2D eigenvalue weighted by molar-refractivity contribution is 7.86. The van der Waals surface area contributed by atoms with Crippen LogP contribution in [-0.2, 0) is 68.8 Å². The first-order valence-corrected chi connectivity index (χ1v) is 34.8. The largest absolute Gasteiger partial charge is 0.416 e. The van der Waals surface area contributed by atoms with Gasteiger partial charge in [-0.05, 0) is 137 Å². The number of piperidine rings is 1. The van der Waals surface area contributed by atoms with Crippen LogP contribution in [0.4, 0.5) is 46.5 Å². The second-order valence-corrected chi connectivity index (χ2v) is 29.2. The fourth-order valence-electron chi connectivity index (χ4n) is 12.2. The Hall–Kier alpha value is -7.31. The Balaban J connectivity index is 0.863. The molecule has 6 N–H and O–H groups in total. The van der Waals surface area contributed by atoms with Crippen molar-refractivity contribution in [3.63, 3.8) is 0 Å². The molecule has 0 saturated carbocycles. The lowest BCUT2D eigenvalue weighted by Crippen LogP contribution is -2.56. The van der Waals surface area contributed by atoms with Gasteiger partial charge in [0.15, 0.2) is 11.5 Å². The van der Waals surface area contributed by atoms with E-state index < -0.39 is 80.6 Å². The molecule has 21 nitrogen and oxygen atoms in total. The Kier molecular flexibility index (Phi) is 19.2. The highest BCUT2D eigenvalue weighted by atomic mass is 32.2. The second kappa shape index (κ2) is 25.9. The van der Waals surface area contributed by atoms with Crippen LogP contribution in [-0.4, -0.2) is 123 Å². The molecule has 0 radical (unpaired) electrons. The molecule has 1 saturated heterocycles. The summed E-state index contributed by atoms with van der Waals surface area (Å²) < 4.78 is 178. The predicted octanol–water partition coefficient (Wildman–Crippen LogP) is 10.3. The first-order valence-electron chi connectivity index (χ1n) is 28.7. The average molecular weight is 1310 g/mol. The van der Waals surface area contributed by atoms with E-state index in [4.69, 9.17) is 4.98 Å². The average Bonchev–Trinajstić information content (AvgIpc) is 1.77. The predicted molar refractivity (Wildman–Crippen MR) is 331 cm³/mol. The maximum atomic E-state index is 14.1. The van der Waals surface area contributed by atoms with Gasteiger partial charge in [0.25, 0.3) is 40.5 Å². The maximum Gasteiger partial charge on any atom is 0.416 e. The van der Waals surface area contributed by atoms with Gasteiger partial charge in [0.05, 0.1) is 49.7 Å². The number of alkyl halides is 3. The number of allylic oxidation sites excluding steroid dienone is 6. The maximum absolute atomic E-state index is 14.1. The van der Waals surface area contributed by atoms with Crippen molar-refractivity contribution in [2.75, 3.05) is 57.7 Å². The summed E-state index contributed by atoms with van der Waals surface area (Å²) in [6.45, 7) is 7.22. The number of urea groups is 1. The third-order valence-electron chi connectivity index (χ3n) is 16.6. The van der Waals surface area contributed by atoms with Gasteiger partial charge in [-0.1, -0.05) is 55.3 Å². The van der Waals surface area contributed by atoms with Gasteiger partial charge in [-0.3, -0.25) is 27.9 Å². The molecule has 1 aromatic heterocycles. The van der Waals surface area contributed by atoms with Crippen LogP contribution in [0.15, 0.2) is 143 Å². The number of pyridine rings is 1. The molecule has 5 aromatic rings. The molecule has 5 heterocycles. The number of nitrogens with one attached hydrogen (secondary N) is 2. The number of carbonyl (C=O) groups is 2. The molecule has 4 aliphatic rings. The third-order valence-corrected chi connectivity index (χ3v) is 19.9. The highest BCUT2D eigenvalue weighted by Crippen LogP contribution is 2.52. The SMILES string of the molecule is CC1(C)C(/C=C/C=C/C=C2\N(CCCS(=O)(=O)O)c3ccc(S(=O)(=O)O)cc3C2(C)CCCCCC(=O)NCc2ccc(NC(=O)N3c4nc(-c5cccc(C(F)(F)F)c5)ccc4N4CCCC3C4)cc2)=[N+](CCCS(=O)(=O)O)c2ccc(S(=O)(=O)O)cc21. The molecule has 0 aliphatic carbocycles. The lowest BCUT2D eigenvalue weighted by molar-refractivity contribution is -0.437. The first-order chi connectivity index (χ1) is 41.7. The molecular weight excluding hydrogens is 1240 g/mol. The molecule has 0 spiro atoms. The summed E-state index contributed by atoms with van der Waals surface area (Å²) in [6, 6.07) is 22.8. The quantitative estimate of drug-likeness (QED) is 0.0153. The lowest BCUT2D eigenvalue weighted by atomic mass is 9.77. The van der Waals surface area contributed by atoms with Crippen molar-refractivity contribution in [2.24, 2.45) is 0 Å². The van der Waals surface area contributed by atoms with Gasteiger partial charge in [0.1, 0.15) is 6.54 Å². The van der Waals surface area contributed by atoms with E-state index in [1.54, 1.807) is 82.3 Å². The van der Waals surface area contributed by atoms with Crippen LogP contribution in [0.1, 0.15) is 101 Å². The van der Waals surface area contributed by atoms with Crippen LogP contribution in [0.5, 0.6) is 0 Å². The number of unbranched alkanes of at least 4 members (excludes halogenated alkanes) is 2. The topological polar surface area (TPSA) is 301 Å². The van der Waals surface area contributed by atoms with Gasteiger partial charge in [-0.15, -0.1) is 0 Å². The van der Waals surface area contributed by atoms with Crippen molar-refractivity contribution >= 4 is 86.7 Å². The van der Waals surface area contributed by atoms with Crippen molar-refractivity contribution in [3.8, 4) is 11.3 Å². The van der Waals surface area contributed by atoms with Crippen LogP contribution >= 0.6 is 0 Å². The minimum atomic E-state index is -4.69. The molecule has 2 bridgehead atoms. The van der Waals surface area contributed by atoms with Crippen LogP contribution in [0.2, 0.25) is 0 Å². The van der Waals surface area contributed by atoms with E-state index in [-0.39, 0.29) is 66.2 Å². The number of carbonyl (C=O) groups excluding carboxylic acids is 2. The van der Waals surface area contributed by atoms with E-state index >= 15 is 0 Å². The molecule has 1 fully saturated rings. The number of fused-ring (bicyclic) bond motifs is 6. The van der Waals surface area contributed by atoms with Crippen molar-refractivity contribution in [1.29, 1.82) is 0 Å². The summed E-state index contributed by atoms with van der Waals surface area (Å²) >= 11 is 0. The van der Waals surface area contributed by atoms with Crippen molar-refractivity contribution in [1.82, 2.24) is 10.3 Å². The highest BCUT2D eigenvalue weighted by Gasteiger charge is 2.46. The molecule has 2 unspecified atom stereocenters. The third kappa shape index (κ3) is 15.5. The number of benzene rings is 4. The van der Waals surface area contributed by atoms with Crippen molar-refractivity contribution in [2.45, 2.75) is 118 Å². The van der Waals surface area contributed by atoms with Crippen LogP contribution in [0, 0.1) is 0 Å². The van der Waals surface area contributed by atoms with Crippen LogP contribution in [0.3, 0.4) is 0 Å². The monoisotopic (exact) mass is 1310 g/mol. The Labute approximate surface area is 515 Å². The lowest BCUT2D eigenvalue weighted by Gasteiger charge is -2.45. The Morgan fingerprint density at radius 1 is 0.753 bits per heavy atom. The molecular formula is C61H69F3N7O14S4+. The molecule has 28 heteroatoms. The molecule has 4 aromatic carbocycles. The number of hydrogen-bond donors (Lipinski definition) is 6. The summed E-state index contributed by atoms with van der Waals surface area (Å²) in [5, 5.41) is 5.88. The summed E-state index contributed by atoms with van der Waals surface area (Å²) in [5.74, 6) is -0.992. The fourth-order valence-corrected chi connectivity index (χ4v) is 14.2. The number of anilines is 4. The van der Waals surface area contributed by atoms with Gasteiger partial charge in [0.2, 0.25) is 11.6 Å². The minimum Gasteiger partial charge on any atom is -0.366 e. The fraction of sp³-hybridized carbons (Fsp3) is 0.377. The summed E-state index contributed by atoms with van der Waals surface area (Å²) in [7, 11) is -18.0. The van der Waals surface area contributed by atoms with Gasteiger partial charge >= 0.3 is 12.2 Å². The molecule has 4 aliphatic heterocycles. The van der Waals surface area contributed by atoms with E-state index in [2.05, 4.69) is 15.5 Å². The van der Waals surface area contributed by atoms with E-state index in [1.165, 1.54) is 42.5 Å². The number of aromatic nitrogens is 1. The van der Waals surface area contributed by atoms with E-state index in [1.807, 2.05) is 25.7 Å². The van der Waals surface area contributed by atoms with Gasteiger partial charge in [-0.25, -0.2) is 9.78 Å². The van der Waals surface area contributed by atoms with Gasteiger partial charge in [0, 0.05) is 84.8 Å². The standard InChI is InChI=1S/C61H68F3N7O14S4/c1-59(2)48-37-46(88(80,81)82)24-27-51(48)69(32-12-34-86(74,75)76)54(59)17-6-4-7-18-55-60(3,49-38-47(89(83,84)85)25-28-52(49)70(55)33-13-35-87(77,78)79)30-9-5-8-19-56(72)65-39-41-20-22-44(23-21-41)66-58(73)71-45-16-11-31-68(40-45)53-29-26-50(67-57(53)71)42-14-10-15-43(36-42)61(62,63)64/h4,6-7,10,14-15,17-18,20-29,36-38,45H,5,8-9,11-13,16,19,30-35,39-40H2,1-3H3,(H5-,65,66,72,73,74,75,76,77,78,79,80,81,82,83,84,85)/p+1. The second-order valence-electron chi connectivity index (χ2n) is 23.2. The number of halogens is 3. The summed E-state index contributed by atoms with van der Waals surface area (Å²) in [5.41, 5.74) is 3.20. The normalized spacial score (nSPS) is 18.9. The zero-order chi connectivity index (χ0) is 64.5. The van der Waals surface area contributed by atoms with E-state index in [9.17, 15) is 74.6 Å². The number of amides is 3. The number of rotatable bonds is 23. The van der Waals surface area contributed by atoms with E-state index in [0.717, 1.165) is 30.7 Å². The number of nitrogens with zero attached hydrogens (tertiary/aromatic N) is 5. The Morgan fingerprint density at radius 2 is 1.43 bits per heavy atom. The molecule has 2 atom stereocenters. The summed E-state index contributed by atoms with van der Waals surface area (Å²) in [4.78, 5) is 36.9. The van der Waals surface area contributed by atoms with Crippen molar-refractivity contribution < 1.29 is 79.2 Å². The van der Waals surface area contributed by atoms with Crippen LogP contribution < -0.4 is 25.3 Å². The minimum absolute atomic E-state index is 0.00936. The van der Waals surface area contributed by atoms with Gasteiger partial charge < -0.3 is 20.4 Å². The first kappa shape index (κ1) is 66.1. The number of hydrogen-bond acceptors (Lipinski definition) is 13. The molecule has 89 heavy (non-hydrogen) atoms. The molecule has 3 amide bonds. The molecule has 476 valence electrons. The van der Waals surface area contributed by atoms with Crippen LogP contribution in [0.25, 0.3) is 11.3 Å². The zero-order valence-corrected chi connectivity index (χ0v) is 52.2. The Morgan fingerprint density at radius 3 is 2.11 bits per heavy atom. The zero-order valence-electron chi connectivity index (χ0n) is 48.9. The van der Waals surface area contributed by atoms with E-state index in [0.29, 0.717) is 95.4 Å². The molecule has 9 rings (SSSR count). The smallest absolute Gasteiger partial charge is 0.366 e. The summed E-state index contributed by atoms with van der Waals surface area (Å²) in [6.07, 6.45) is 7.66. The van der Waals surface area contributed by atoms with Crippen molar-refractivity contribution in [3.05, 3.63) is 155 Å².